The van der Waals surface area contributed by atoms with Gasteiger partial charge in [0.15, 0.2) is 0 Å². The SMILES string of the molecule is O=C(Nc1ccn(C=C=CCO)c(=O)n1)OCC1c2ccccc2-c2ccccc21. The molecule has 0 fully saturated rings. The molecule has 3 aromatic rings. The molecule has 1 aliphatic carbocycles. The summed E-state index contributed by atoms with van der Waals surface area (Å²) in [6, 6.07) is 17.6. The van der Waals surface area contributed by atoms with Crippen molar-refractivity contribution in [1.29, 1.82) is 0 Å². The summed E-state index contributed by atoms with van der Waals surface area (Å²) in [5, 5.41) is 11.2. The van der Waals surface area contributed by atoms with E-state index in [-0.39, 0.29) is 24.9 Å². The van der Waals surface area contributed by atoms with Crippen LogP contribution in [0.4, 0.5) is 10.6 Å². The number of aromatic nitrogens is 2. The van der Waals surface area contributed by atoms with E-state index in [4.69, 9.17) is 9.84 Å². The van der Waals surface area contributed by atoms with Crippen molar-refractivity contribution in [2.75, 3.05) is 18.5 Å². The van der Waals surface area contributed by atoms with Crippen molar-refractivity contribution < 1.29 is 14.6 Å². The average molecular weight is 401 g/mol. The smallest absolute Gasteiger partial charge is 0.412 e. The van der Waals surface area contributed by atoms with Gasteiger partial charge in [-0.25, -0.2) is 9.59 Å². The molecule has 0 radical (unpaired) electrons. The number of ether oxygens (including phenoxy) is 1. The van der Waals surface area contributed by atoms with E-state index in [0.29, 0.717) is 0 Å². The van der Waals surface area contributed by atoms with Crippen molar-refractivity contribution in [3.8, 4) is 11.1 Å². The molecular formula is C23H19N3O4. The maximum Gasteiger partial charge on any atom is 0.412 e. The molecule has 30 heavy (non-hydrogen) atoms. The van der Waals surface area contributed by atoms with Gasteiger partial charge >= 0.3 is 11.8 Å². The first-order valence-electron chi connectivity index (χ1n) is 9.40. The largest absolute Gasteiger partial charge is 0.448 e. The third-order valence-electron chi connectivity index (χ3n) is 4.83. The number of aliphatic hydroxyl groups excluding tert-OH is 1. The van der Waals surface area contributed by atoms with Crippen molar-refractivity contribution in [1.82, 2.24) is 9.55 Å². The van der Waals surface area contributed by atoms with Gasteiger partial charge in [-0.2, -0.15) is 4.98 Å². The zero-order valence-corrected chi connectivity index (χ0v) is 16.0. The normalized spacial score (nSPS) is 11.8. The Kier molecular flexibility index (Phi) is 5.57. The van der Waals surface area contributed by atoms with Gasteiger partial charge in [0, 0.05) is 12.1 Å². The predicted octanol–water partition coefficient (Wildman–Crippen LogP) is 3.22. The molecule has 2 aromatic carbocycles. The summed E-state index contributed by atoms with van der Waals surface area (Å²) in [5.74, 6) is 0.0422. The minimum atomic E-state index is -0.683. The number of benzene rings is 2. The fourth-order valence-electron chi connectivity index (χ4n) is 3.51. The van der Waals surface area contributed by atoms with E-state index in [0.717, 1.165) is 22.3 Å². The molecule has 0 saturated heterocycles. The molecule has 1 aromatic heterocycles. The van der Waals surface area contributed by atoms with E-state index in [1.807, 2.05) is 36.4 Å². The lowest BCUT2D eigenvalue weighted by Gasteiger charge is -2.14. The standard InChI is InChI=1S/C23H19N3O4/c27-14-6-5-12-26-13-11-21(24-22(26)28)25-23(29)30-15-20-18-9-3-1-7-16(18)17-8-2-4-10-19(17)20/h1-4,6-13,20,27H,14-15H2,(H,24,25,28,29). The van der Waals surface area contributed by atoms with Gasteiger partial charge < -0.3 is 9.84 Å². The Balaban J connectivity index is 1.44. The first kappa shape index (κ1) is 19.4. The summed E-state index contributed by atoms with van der Waals surface area (Å²) < 4.78 is 6.62. The summed E-state index contributed by atoms with van der Waals surface area (Å²) >= 11 is 0. The van der Waals surface area contributed by atoms with Crippen LogP contribution in [-0.4, -0.2) is 34.0 Å². The number of hydrogen-bond donors (Lipinski definition) is 2. The Morgan fingerprint density at radius 2 is 1.80 bits per heavy atom. The van der Waals surface area contributed by atoms with Crippen molar-refractivity contribution in [2.24, 2.45) is 0 Å². The molecule has 7 heteroatoms. The Hall–Kier alpha value is -3.93. The lowest BCUT2D eigenvalue weighted by Crippen LogP contribution is -2.23. The maximum atomic E-state index is 12.3. The third-order valence-corrected chi connectivity index (χ3v) is 4.83. The zero-order valence-electron chi connectivity index (χ0n) is 16.0. The van der Waals surface area contributed by atoms with Gasteiger partial charge in [0.2, 0.25) is 0 Å². The highest BCUT2D eigenvalue weighted by Crippen LogP contribution is 2.44. The van der Waals surface area contributed by atoms with Crippen LogP contribution in [0.5, 0.6) is 0 Å². The fraction of sp³-hybridized carbons (Fsp3) is 0.130. The van der Waals surface area contributed by atoms with E-state index in [1.165, 1.54) is 29.1 Å². The average Bonchev–Trinajstić information content (AvgIpc) is 3.08. The molecule has 1 aliphatic rings. The van der Waals surface area contributed by atoms with Gasteiger partial charge in [-0.05, 0) is 34.4 Å². The third kappa shape index (κ3) is 3.93. The van der Waals surface area contributed by atoms with Gasteiger partial charge in [-0.3, -0.25) is 9.88 Å². The molecule has 4 rings (SSSR count). The Morgan fingerprint density at radius 1 is 1.13 bits per heavy atom. The van der Waals surface area contributed by atoms with Crippen LogP contribution in [-0.2, 0) is 4.74 Å². The van der Waals surface area contributed by atoms with Crippen LogP contribution >= 0.6 is 0 Å². The molecule has 0 spiro atoms. The minimum Gasteiger partial charge on any atom is -0.448 e. The topological polar surface area (TPSA) is 93.5 Å². The summed E-state index contributed by atoms with van der Waals surface area (Å²) in [6.45, 7) is -0.00821. The van der Waals surface area contributed by atoms with Crippen molar-refractivity contribution in [2.45, 2.75) is 5.92 Å². The van der Waals surface area contributed by atoms with Gasteiger partial charge in [0.25, 0.3) is 0 Å². The number of nitrogens with zero attached hydrogens (tertiary/aromatic N) is 2. The van der Waals surface area contributed by atoms with Gasteiger partial charge in [-0.15, -0.1) is 5.73 Å². The van der Waals surface area contributed by atoms with E-state index in [1.54, 1.807) is 0 Å². The molecule has 2 N–H and O–H groups in total. The number of hydrogen-bond acceptors (Lipinski definition) is 5. The van der Waals surface area contributed by atoms with Crippen molar-refractivity contribution in [3.63, 3.8) is 0 Å². The summed E-state index contributed by atoms with van der Waals surface area (Å²) in [4.78, 5) is 28.0. The molecule has 0 aliphatic heterocycles. The molecule has 0 atom stereocenters. The van der Waals surface area contributed by atoms with Crippen LogP contribution < -0.4 is 11.0 Å². The molecule has 0 unspecified atom stereocenters. The maximum absolute atomic E-state index is 12.3. The summed E-state index contributed by atoms with van der Waals surface area (Å²) in [7, 11) is 0. The first-order chi connectivity index (χ1) is 14.7. The van der Waals surface area contributed by atoms with Crippen molar-refractivity contribution >= 4 is 18.1 Å². The fourth-order valence-corrected chi connectivity index (χ4v) is 3.51. The van der Waals surface area contributed by atoms with Crippen LogP contribution in [0.2, 0.25) is 0 Å². The first-order valence-corrected chi connectivity index (χ1v) is 9.40. The van der Waals surface area contributed by atoms with Crippen LogP contribution in [0.25, 0.3) is 17.3 Å². The molecule has 0 bridgehead atoms. The summed E-state index contributed by atoms with van der Waals surface area (Å²) in [6.07, 6.45) is 3.45. The molecule has 1 heterocycles. The van der Waals surface area contributed by atoms with E-state index >= 15 is 0 Å². The molecule has 0 saturated carbocycles. The highest BCUT2D eigenvalue weighted by molar-refractivity contribution is 5.83. The van der Waals surface area contributed by atoms with Gasteiger partial charge in [-0.1, -0.05) is 48.5 Å². The zero-order chi connectivity index (χ0) is 20.9. The number of aliphatic hydroxyl groups is 1. The van der Waals surface area contributed by atoms with Crippen LogP contribution in [0.3, 0.4) is 0 Å². The van der Waals surface area contributed by atoms with Crippen LogP contribution in [0.15, 0.2) is 77.4 Å². The Morgan fingerprint density at radius 3 is 2.43 bits per heavy atom. The second kappa shape index (κ2) is 8.61. The second-order valence-electron chi connectivity index (χ2n) is 6.64. The lowest BCUT2D eigenvalue weighted by molar-refractivity contribution is 0.158. The lowest BCUT2D eigenvalue weighted by atomic mass is 9.98. The van der Waals surface area contributed by atoms with Gasteiger partial charge in [0.1, 0.15) is 12.4 Å². The quantitative estimate of drug-likeness (QED) is 0.641. The Bertz CT molecular complexity index is 1160. The molecule has 1 amide bonds. The van der Waals surface area contributed by atoms with Gasteiger partial charge in [0.05, 0.1) is 12.8 Å². The molecular weight excluding hydrogens is 382 g/mol. The number of nitrogens with one attached hydrogen (secondary N) is 1. The van der Waals surface area contributed by atoms with Crippen LogP contribution in [0.1, 0.15) is 17.0 Å². The van der Waals surface area contributed by atoms with E-state index < -0.39 is 11.8 Å². The number of rotatable bonds is 5. The minimum absolute atomic E-state index is 0.0486. The number of amides is 1. The molecule has 150 valence electrons. The number of carbonyl (C=O) groups excluding carboxylic acids is 1. The highest BCUT2D eigenvalue weighted by Gasteiger charge is 2.29. The van der Waals surface area contributed by atoms with Crippen LogP contribution in [0, 0.1) is 0 Å². The molecule has 7 nitrogen and oxygen atoms in total. The number of carbonyl (C=O) groups is 1. The van der Waals surface area contributed by atoms with E-state index in [2.05, 4.69) is 28.2 Å². The van der Waals surface area contributed by atoms with Crippen molar-refractivity contribution in [3.05, 3.63) is 94.2 Å². The monoisotopic (exact) mass is 401 g/mol. The highest BCUT2D eigenvalue weighted by atomic mass is 16.5. The second-order valence-corrected chi connectivity index (χ2v) is 6.64. The number of anilines is 1. The summed E-state index contributed by atoms with van der Waals surface area (Å²) in [5.41, 5.74) is 6.58. The van der Waals surface area contributed by atoms with E-state index in [9.17, 15) is 9.59 Å². The predicted molar refractivity (Wildman–Crippen MR) is 113 cm³/mol. The number of fused-ring (bicyclic) bond motifs is 3. The Labute approximate surface area is 172 Å².